The van der Waals surface area contributed by atoms with Crippen LogP contribution < -0.4 is 15.4 Å². The van der Waals surface area contributed by atoms with Gasteiger partial charge in [-0.1, -0.05) is 35.9 Å². The first-order valence-electron chi connectivity index (χ1n) is 7.56. The van der Waals surface area contributed by atoms with Crippen LogP contribution in [-0.4, -0.2) is 13.1 Å². The zero-order valence-corrected chi connectivity index (χ0v) is 13.7. The average Bonchev–Trinajstić information content (AvgIpc) is 3.35. The Bertz CT molecular complexity index is 679. The van der Waals surface area contributed by atoms with Crippen molar-refractivity contribution in [3.63, 3.8) is 0 Å². The quantitative estimate of drug-likeness (QED) is 0.875. The van der Waals surface area contributed by atoms with Crippen LogP contribution >= 0.6 is 11.6 Å². The molecule has 0 atom stereocenters. The predicted octanol–water partition coefficient (Wildman–Crippen LogP) is 3.84. The number of hydrogen-bond donors (Lipinski definition) is 2. The van der Waals surface area contributed by atoms with Crippen molar-refractivity contribution in [1.82, 2.24) is 10.6 Å². The largest absolute Gasteiger partial charge is 0.497 e. The lowest BCUT2D eigenvalue weighted by Gasteiger charge is -2.19. The van der Waals surface area contributed by atoms with Gasteiger partial charge in [-0.3, -0.25) is 0 Å². The minimum absolute atomic E-state index is 0.159. The molecule has 0 bridgehead atoms. The Morgan fingerprint density at radius 1 is 1.13 bits per heavy atom. The number of rotatable bonds is 5. The second kappa shape index (κ2) is 6.50. The maximum atomic E-state index is 12.2. The van der Waals surface area contributed by atoms with E-state index in [-0.39, 0.29) is 11.6 Å². The number of urea groups is 1. The molecule has 0 heterocycles. The fourth-order valence-electron chi connectivity index (χ4n) is 2.57. The van der Waals surface area contributed by atoms with E-state index in [1.54, 1.807) is 7.11 Å². The van der Waals surface area contributed by atoms with Gasteiger partial charge in [0.15, 0.2) is 0 Å². The summed E-state index contributed by atoms with van der Waals surface area (Å²) in [5, 5.41) is 6.66. The third kappa shape index (κ3) is 3.77. The van der Waals surface area contributed by atoms with Gasteiger partial charge in [0.05, 0.1) is 12.6 Å². The lowest BCUT2D eigenvalue weighted by molar-refractivity contribution is 0.235. The Morgan fingerprint density at radius 2 is 1.78 bits per heavy atom. The Kier molecular flexibility index (Phi) is 4.44. The second-order valence-electron chi connectivity index (χ2n) is 5.74. The molecule has 3 rings (SSSR count). The van der Waals surface area contributed by atoms with Crippen LogP contribution in [-0.2, 0) is 12.1 Å². The molecule has 0 unspecified atom stereocenters. The molecule has 2 N–H and O–H groups in total. The van der Waals surface area contributed by atoms with Crippen molar-refractivity contribution in [3.8, 4) is 5.75 Å². The number of nitrogens with one attached hydrogen (secondary N) is 2. The fraction of sp³-hybridized carbons (Fsp3) is 0.278. The third-order valence-corrected chi connectivity index (χ3v) is 4.36. The van der Waals surface area contributed by atoms with Crippen molar-refractivity contribution in [2.75, 3.05) is 7.11 Å². The molecule has 5 heteroatoms. The van der Waals surface area contributed by atoms with Crippen LogP contribution in [0.4, 0.5) is 4.79 Å². The van der Waals surface area contributed by atoms with Gasteiger partial charge in [0, 0.05) is 11.6 Å². The summed E-state index contributed by atoms with van der Waals surface area (Å²) in [6.45, 7) is 0.474. The summed E-state index contributed by atoms with van der Waals surface area (Å²) in [5.74, 6) is 0.816. The number of ether oxygens (including phenoxy) is 1. The van der Waals surface area contributed by atoms with E-state index >= 15 is 0 Å². The summed E-state index contributed by atoms with van der Waals surface area (Å²) in [6, 6.07) is 15.1. The standard InChI is InChI=1S/C18H19ClN2O2/c1-23-16-8-4-14(5-9-16)18(10-11-18)21-17(22)20-12-13-2-6-15(19)7-3-13/h2-9H,10-12H2,1H3,(H2,20,21,22). The molecule has 0 aromatic heterocycles. The van der Waals surface area contributed by atoms with Crippen LogP contribution in [0.3, 0.4) is 0 Å². The van der Waals surface area contributed by atoms with E-state index in [1.807, 2.05) is 48.5 Å². The van der Waals surface area contributed by atoms with Crippen molar-refractivity contribution < 1.29 is 9.53 Å². The molecule has 1 fully saturated rings. The monoisotopic (exact) mass is 330 g/mol. The van der Waals surface area contributed by atoms with Gasteiger partial charge in [-0.15, -0.1) is 0 Å². The maximum absolute atomic E-state index is 12.2. The summed E-state index contributed by atoms with van der Waals surface area (Å²) < 4.78 is 5.17. The highest BCUT2D eigenvalue weighted by Crippen LogP contribution is 2.45. The molecule has 0 saturated heterocycles. The summed E-state index contributed by atoms with van der Waals surface area (Å²) in [5.41, 5.74) is 1.88. The number of carbonyl (C=O) groups is 1. The first-order chi connectivity index (χ1) is 11.1. The molecular formula is C18H19ClN2O2. The molecule has 2 amide bonds. The normalized spacial score (nSPS) is 14.9. The number of benzene rings is 2. The number of hydrogen-bond acceptors (Lipinski definition) is 2. The van der Waals surface area contributed by atoms with Crippen molar-refractivity contribution in [2.24, 2.45) is 0 Å². The van der Waals surface area contributed by atoms with E-state index in [1.165, 1.54) is 0 Å². The van der Waals surface area contributed by atoms with Gasteiger partial charge in [-0.25, -0.2) is 4.79 Å². The summed E-state index contributed by atoms with van der Waals surface area (Å²) in [6.07, 6.45) is 1.90. The molecule has 0 spiro atoms. The molecule has 23 heavy (non-hydrogen) atoms. The molecule has 0 aliphatic heterocycles. The molecule has 0 radical (unpaired) electrons. The third-order valence-electron chi connectivity index (χ3n) is 4.11. The zero-order chi connectivity index (χ0) is 16.3. The van der Waals surface area contributed by atoms with Gasteiger partial charge in [0.1, 0.15) is 5.75 Å². The Labute approximate surface area is 140 Å². The fourth-order valence-corrected chi connectivity index (χ4v) is 2.69. The highest BCUT2D eigenvalue weighted by molar-refractivity contribution is 6.30. The van der Waals surface area contributed by atoms with Crippen LogP contribution in [0.5, 0.6) is 5.75 Å². The van der Waals surface area contributed by atoms with Gasteiger partial charge in [0.2, 0.25) is 0 Å². The van der Waals surface area contributed by atoms with Gasteiger partial charge < -0.3 is 15.4 Å². The highest BCUT2D eigenvalue weighted by Gasteiger charge is 2.45. The van der Waals surface area contributed by atoms with Crippen molar-refractivity contribution in [2.45, 2.75) is 24.9 Å². The molecule has 2 aromatic rings. The topological polar surface area (TPSA) is 50.4 Å². The maximum Gasteiger partial charge on any atom is 0.315 e. The van der Waals surface area contributed by atoms with Crippen LogP contribution in [0.15, 0.2) is 48.5 Å². The van der Waals surface area contributed by atoms with Crippen LogP contribution in [0.1, 0.15) is 24.0 Å². The molecule has 2 aromatic carbocycles. The lowest BCUT2D eigenvalue weighted by atomic mass is 10.1. The van der Waals surface area contributed by atoms with Crippen LogP contribution in [0.2, 0.25) is 5.02 Å². The van der Waals surface area contributed by atoms with Crippen molar-refractivity contribution in [1.29, 1.82) is 0 Å². The second-order valence-corrected chi connectivity index (χ2v) is 6.18. The van der Waals surface area contributed by atoms with E-state index in [4.69, 9.17) is 16.3 Å². The van der Waals surface area contributed by atoms with Crippen LogP contribution in [0, 0.1) is 0 Å². The van der Waals surface area contributed by atoms with Gasteiger partial charge >= 0.3 is 6.03 Å². The number of halogens is 1. The average molecular weight is 331 g/mol. The summed E-state index contributed by atoms with van der Waals surface area (Å²) in [4.78, 5) is 12.2. The number of amides is 2. The molecule has 4 nitrogen and oxygen atoms in total. The first kappa shape index (κ1) is 15.7. The SMILES string of the molecule is COc1ccc(C2(NC(=O)NCc3ccc(Cl)cc3)CC2)cc1. The molecule has 120 valence electrons. The van der Waals surface area contributed by atoms with Crippen molar-refractivity contribution >= 4 is 17.6 Å². The number of methoxy groups -OCH3 is 1. The minimum atomic E-state index is -0.240. The molecule has 1 aliphatic rings. The Balaban J connectivity index is 1.57. The van der Waals surface area contributed by atoms with E-state index in [0.29, 0.717) is 11.6 Å². The number of carbonyl (C=O) groups excluding carboxylic acids is 1. The highest BCUT2D eigenvalue weighted by atomic mass is 35.5. The van der Waals surface area contributed by atoms with E-state index in [2.05, 4.69) is 10.6 Å². The van der Waals surface area contributed by atoms with E-state index in [9.17, 15) is 4.79 Å². The molecule has 1 aliphatic carbocycles. The summed E-state index contributed by atoms with van der Waals surface area (Å²) >= 11 is 5.85. The van der Waals surface area contributed by atoms with Crippen molar-refractivity contribution in [3.05, 3.63) is 64.7 Å². The Morgan fingerprint density at radius 3 is 2.35 bits per heavy atom. The first-order valence-corrected chi connectivity index (χ1v) is 7.94. The minimum Gasteiger partial charge on any atom is -0.497 e. The van der Waals surface area contributed by atoms with Gasteiger partial charge in [0.25, 0.3) is 0 Å². The molecule has 1 saturated carbocycles. The van der Waals surface area contributed by atoms with Gasteiger partial charge in [-0.05, 0) is 48.2 Å². The van der Waals surface area contributed by atoms with Gasteiger partial charge in [-0.2, -0.15) is 0 Å². The predicted molar refractivity (Wildman–Crippen MR) is 90.7 cm³/mol. The van der Waals surface area contributed by atoms with E-state index < -0.39 is 0 Å². The lowest BCUT2D eigenvalue weighted by Crippen LogP contribution is -2.41. The Hall–Kier alpha value is -2.20. The summed E-state index contributed by atoms with van der Waals surface area (Å²) in [7, 11) is 1.64. The van der Waals surface area contributed by atoms with E-state index in [0.717, 1.165) is 29.7 Å². The smallest absolute Gasteiger partial charge is 0.315 e. The van der Waals surface area contributed by atoms with Crippen LogP contribution in [0.25, 0.3) is 0 Å². The zero-order valence-electron chi connectivity index (χ0n) is 12.9. The molecular weight excluding hydrogens is 312 g/mol.